The lowest BCUT2D eigenvalue weighted by Gasteiger charge is -2.10. The Hall–Kier alpha value is -1.76. The number of thioether (sulfide) groups is 1. The van der Waals surface area contributed by atoms with Crippen LogP contribution in [0.3, 0.4) is 0 Å². The van der Waals surface area contributed by atoms with Crippen molar-refractivity contribution in [3.63, 3.8) is 0 Å². The maximum Gasteiger partial charge on any atom is 0.416 e. The highest BCUT2D eigenvalue weighted by Gasteiger charge is 2.28. The van der Waals surface area contributed by atoms with Gasteiger partial charge in [0.2, 0.25) is 5.91 Å². The summed E-state index contributed by atoms with van der Waals surface area (Å²) in [5.41, 5.74) is 5.74. The molecule has 18 heavy (non-hydrogen) atoms. The first-order chi connectivity index (χ1) is 8.58. The molecule has 0 atom stereocenters. The minimum atomic E-state index is -0.640. The van der Waals surface area contributed by atoms with Crippen LogP contribution in [-0.2, 0) is 9.53 Å². The van der Waals surface area contributed by atoms with Gasteiger partial charge in [0.15, 0.2) is 0 Å². The predicted octanol–water partition coefficient (Wildman–Crippen LogP) is 1.48. The van der Waals surface area contributed by atoms with Crippen LogP contribution < -0.4 is 5.73 Å². The van der Waals surface area contributed by atoms with Gasteiger partial charge in [0.25, 0.3) is 0 Å². The lowest BCUT2D eigenvalue weighted by Crippen LogP contribution is -2.32. The maximum absolute atomic E-state index is 13.4. The van der Waals surface area contributed by atoms with Crippen molar-refractivity contribution in [3.8, 4) is 0 Å². The molecule has 0 bridgehead atoms. The van der Waals surface area contributed by atoms with Crippen molar-refractivity contribution in [2.24, 2.45) is 0 Å². The van der Waals surface area contributed by atoms with Gasteiger partial charge in [-0.2, -0.15) is 0 Å². The molecule has 0 saturated carbocycles. The molecule has 7 heteroatoms. The van der Waals surface area contributed by atoms with Crippen molar-refractivity contribution in [2.75, 3.05) is 24.6 Å². The fraction of sp³-hybridized carbons (Fsp3) is 0.273. The van der Waals surface area contributed by atoms with Crippen molar-refractivity contribution < 1.29 is 18.7 Å². The number of rotatable bonds is 3. The smallest absolute Gasteiger partial charge is 0.416 e. The van der Waals surface area contributed by atoms with Crippen LogP contribution in [0.25, 0.3) is 0 Å². The number of ether oxygens (including phenoxy) is 1. The lowest BCUT2D eigenvalue weighted by atomic mass is 10.3. The molecule has 0 unspecified atom stereocenters. The van der Waals surface area contributed by atoms with Crippen molar-refractivity contribution in [1.29, 1.82) is 0 Å². The van der Waals surface area contributed by atoms with Crippen LogP contribution in [0.4, 0.5) is 14.9 Å². The molecule has 1 heterocycles. The van der Waals surface area contributed by atoms with E-state index in [1.54, 1.807) is 6.07 Å². The number of nitrogens with two attached hydrogens (primary N) is 1. The Labute approximate surface area is 107 Å². The molecule has 1 aliphatic heterocycles. The molecule has 0 spiro atoms. The molecule has 0 radical (unpaired) electrons. The van der Waals surface area contributed by atoms with Crippen LogP contribution in [0.2, 0.25) is 0 Å². The minimum Gasteiger partial charge on any atom is -0.447 e. The second-order valence-corrected chi connectivity index (χ2v) is 4.66. The van der Waals surface area contributed by atoms with Gasteiger partial charge < -0.3 is 10.5 Å². The molecule has 1 saturated heterocycles. The Morgan fingerprint density at radius 3 is 2.94 bits per heavy atom. The third kappa shape index (κ3) is 2.73. The van der Waals surface area contributed by atoms with Gasteiger partial charge in [0.1, 0.15) is 12.4 Å². The standard InChI is InChI=1S/C11H11FN2O3S/c12-8-5-7(13)1-2-9(8)18-6-10(15)14-3-4-17-11(14)16/h1-2,5H,3-4,6,13H2. The molecule has 1 fully saturated rings. The van der Waals surface area contributed by atoms with Gasteiger partial charge in [-0.1, -0.05) is 0 Å². The molecular weight excluding hydrogens is 259 g/mol. The number of halogens is 1. The molecule has 2 rings (SSSR count). The molecule has 1 aromatic rings. The van der Waals surface area contributed by atoms with Gasteiger partial charge in [-0.25, -0.2) is 14.1 Å². The first-order valence-electron chi connectivity index (χ1n) is 5.23. The molecule has 0 aliphatic carbocycles. The van der Waals surface area contributed by atoms with E-state index >= 15 is 0 Å². The van der Waals surface area contributed by atoms with E-state index in [0.717, 1.165) is 16.7 Å². The summed E-state index contributed by atoms with van der Waals surface area (Å²) in [6, 6.07) is 4.25. The van der Waals surface area contributed by atoms with Crippen molar-refractivity contribution >= 4 is 29.4 Å². The van der Waals surface area contributed by atoms with E-state index in [4.69, 9.17) is 5.73 Å². The number of carbonyl (C=O) groups is 2. The Morgan fingerprint density at radius 2 is 2.33 bits per heavy atom. The number of cyclic esters (lactones) is 1. The second kappa shape index (κ2) is 5.26. The Balaban J connectivity index is 1.95. The summed E-state index contributed by atoms with van der Waals surface area (Å²) >= 11 is 1.02. The van der Waals surface area contributed by atoms with Gasteiger partial charge in [0.05, 0.1) is 12.3 Å². The van der Waals surface area contributed by atoms with E-state index in [0.29, 0.717) is 10.6 Å². The highest BCUT2D eigenvalue weighted by atomic mass is 32.2. The van der Waals surface area contributed by atoms with Crippen LogP contribution in [-0.4, -0.2) is 35.8 Å². The third-order valence-electron chi connectivity index (χ3n) is 2.37. The predicted molar refractivity (Wildman–Crippen MR) is 64.6 cm³/mol. The molecule has 2 N–H and O–H groups in total. The first-order valence-corrected chi connectivity index (χ1v) is 6.21. The summed E-state index contributed by atoms with van der Waals surface area (Å²) in [7, 11) is 0. The van der Waals surface area contributed by atoms with Gasteiger partial charge >= 0.3 is 6.09 Å². The van der Waals surface area contributed by atoms with E-state index in [1.165, 1.54) is 12.1 Å². The summed E-state index contributed by atoms with van der Waals surface area (Å²) in [4.78, 5) is 24.1. The van der Waals surface area contributed by atoms with E-state index in [1.807, 2.05) is 0 Å². The fourth-order valence-electron chi connectivity index (χ4n) is 1.47. The maximum atomic E-state index is 13.4. The summed E-state index contributed by atoms with van der Waals surface area (Å²) in [5, 5.41) is 0. The van der Waals surface area contributed by atoms with Gasteiger partial charge in [0, 0.05) is 10.6 Å². The average Bonchev–Trinajstić information content (AvgIpc) is 2.74. The summed E-state index contributed by atoms with van der Waals surface area (Å²) in [5.74, 6) is -0.883. The van der Waals surface area contributed by atoms with E-state index in [2.05, 4.69) is 4.74 Å². The highest BCUT2D eigenvalue weighted by molar-refractivity contribution is 8.00. The van der Waals surface area contributed by atoms with Crippen molar-refractivity contribution in [1.82, 2.24) is 4.90 Å². The number of hydrogen-bond acceptors (Lipinski definition) is 5. The summed E-state index contributed by atoms with van der Waals surface area (Å²) in [6.07, 6.45) is -0.640. The van der Waals surface area contributed by atoms with Crippen LogP contribution in [0, 0.1) is 5.82 Å². The van der Waals surface area contributed by atoms with Gasteiger partial charge in [-0.15, -0.1) is 11.8 Å². The Bertz CT molecular complexity index is 495. The fourth-order valence-corrected chi connectivity index (χ4v) is 2.27. The largest absolute Gasteiger partial charge is 0.447 e. The molecule has 1 aromatic carbocycles. The zero-order valence-electron chi connectivity index (χ0n) is 9.39. The van der Waals surface area contributed by atoms with Crippen LogP contribution in [0.5, 0.6) is 0 Å². The number of imide groups is 1. The molecule has 2 amide bonds. The van der Waals surface area contributed by atoms with Crippen LogP contribution in [0.15, 0.2) is 23.1 Å². The summed E-state index contributed by atoms with van der Waals surface area (Å²) in [6.45, 7) is 0.466. The monoisotopic (exact) mass is 270 g/mol. The summed E-state index contributed by atoms with van der Waals surface area (Å²) < 4.78 is 18.1. The Morgan fingerprint density at radius 1 is 1.56 bits per heavy atom. The topological polar surface area (TPSA) is 72.6 Å². The van der Waals surface area contributed by atoms with Crippen LogP contribution >= 0.6 is 11.8 Å². The molecule has 96 valence electrons. The zero-order chi connectivity index (χ0) is 13.1. The van der Waals surface area contributed by atoms with Crippen molar-refractivity contribution in [3.05, 3.63) is 24.0 Å². The molecule has 5 nitrogen and oxygen atoms in total. The second-order valence-electron chi connectivity index (χ2n) is 3.64. The highest BCUT2D eigenvalue weighted by Crippen LogP contribution is 2.24. The normalized spacial score (nSPS) is 14.7. The van der Waals surface area contributed by atoms with Crippen LogP contribution in [0.1, 0.15) is 0 Å². The number of anilines is 1. The van der Waals surface area contributed by atoms with E-state index < -0.39 is 17.8 Å². The lowest BCUT2D eigenvalue weighted by molar-refractivity contribution is -0.124. The van der Waals surface area contributed by atoms with E-state index in [9.17, 15) is 14.0 Å². The Kier molecular flexibility index (Phi) is 3.71. The minimum absolute atomic E-state index is 0.0179. The first kappa shape index (κ1) is 12.7. The SMILES string of the molecule is Nc1ccc(SCC(=O)N2CCOC2=O)c(F)c1. The number of nitrogens with zero attached hydrogens (tertiary/aromatic N) is 1. The number of amides is 2. The number of benzene rings is 1. The number of carbonyl (C=O) groups excluding carboxylic acids is 2. The molecule has 1 aliphatic rings. The molecule has 0 aromatic heterocycles. The third-order valence-corrected chi connectivity index (χ3v) is 3.40. The zero-order valence-corrected chi connectivity index (χ0v) is 10.2. The average molecular weight is 270 g/mol. The van der Waals surface area contributed by atoms with E-state index in [-0.39, 0.29) is 18.9 Å². The number of nitrogen functional groups attached to an aromatic ring is 1. The van der Waals surface area contributed by atoms with Crippen molar-refractivity contribution in [2.45, 2.75) is 4.90 Å². The molecular formula is C11H11FN2O3S. The quantitative estimate of drug-likeness (QED) is 0.665. The van der Waals surface area contributed by atoms with Gasteiger partial charge in [-0.3, -0.25) is 4.79 Å². The number of hydrogen-bond donors (Lipinski definition) is 1. The van der Waals surface area contributed by atoms with Gasteiger partial charge in [-0.05, 0) is 18.2 Å².